The van der Waals surface area contributed by atoms with Gasteiger partial charge in [-0.15, -0.1) is 0 Å². The Kier molecular flexibility index (Phi) is 6.77. The molecular weight excluding hydrogens is 359 g/mol. The van der Waals surface area contributed by atoms with Crippen LogP contribution in [-0.2, 0) is 0 Å². The Morgan fingerprint density at radius 3 is 2.26 bits per heavy atom. The van der Waals surface area contributed by atoms with Crippen LogP contribution in [0.3, 0.4) is 0 Å². The van der Waals surface area contributed by atoms with Crippen LogP contribution in [0.1, 0.15) is 18.5 Å². The number of likely N-dealkylation sites (N-methyl/N-ethyl adjacent to an activating group) is 1. The first-order chi connectivity index (χ1) is 13.0. The number of hydrogen-bond donors (Lipinski definition) is 4. The normalized spacial score (nSPS) is 21.9. The highest BCUT2D eigenvalue weighted by Crippen LogP contribution is 2.14. The average molecular weight is 389 g/mol. The second kappa shape index (κ2) is 9.26. The molecule has 1 saturated heterocycles. The maximum atomic E-state index is 13.1. The Bertz CT molecular complexity index is 730. The van der Waals surface area contributed by atoms with Crippen molar-refractivity contribution >= 4 is 23.0 Å². The highest BCUT2D eigenvalue weighted by atomic mass is 32.1. The molecule has 0 aliphatic carbocycles. The number of halogens is 1. The number of rotatable bonds is 5. The molecule has 144 valence electrons. The third-order valence-electron chi connectivity index (χ3n) is 5.31. The van der Waals surface area contributed by atoms with Crippen LogP contribution >= 0.6 is 12.2 Å². The van der Waals surface area contributed by atoms with E-state index in [4.69, 9.17) is 12.2 Å². The summed E-state index contributed by atoms with van der Waals surface area (Å²) >= 11 is 5.51. The number of quaternary nitrogens is 2. The number of nitrogens with one attached hydrogen (secondary N) is 4. The Labute approximate surface area is 166 Å². The van der Waals surface area contributed by atoms with Crippen LogP contribution in [0.15, 0.2) is 54.6 Å². The third-order valence-corrected chi connectivity index (χ3v) is 5.53. The summed E-state index contributed by atoms with van der Waals surface area (Å²) in [5, 5.41) is 7.17. The standard InChI is InChI=1S/C21H27FN4S/c1-16(23-21(27)24-19-10-8-18(22)9-11-19)20(17-6-4-3-5-7-17)26-14-12-25(2)13-15-26/h3-11,16,20H,12-15H2,1-2H3,(H2,23,24,27)/p+2/t16-,20+/m1/s1. The van der Waals surface area contributed by atoms with Crippen LogP contribution in [0.5, 0.6) is 0 Å². The molecule has 4 N–H and O–H groups in total. The minimum atomic E-state index is -0.252. The fourth-order valence-corrected chi connectivity index (χ4v) is 4.14. The van der Waals surface area contributed by atoms with Crippen molar-refractivity contribution in [2.45, 2.75) is 19.0 Å². The maximum Gasteiger partial charge on any atom is 0.171 e. The largest absolute Gasteiger partial charge is 0.354 e. The van der Waals surface area contributed by atoms with Gasteiger partial charge in [0.15, 0.2) is 5.11 Å². The van der Waals surface area contributed by atoms with Crippen LogP contribution < -0.4 is 20.4 Å². The van der Waals surface area contributed by atoms with Gasteiger partial charge in [0.05, 0.1) is 13.1 Å². The zero-order chi connectivity index (χ0) is 19.2. The lowest BCUT2D eigenvalue weighted by atomic mass is 9.98. The summed E-state index contributed by atoms with van der Waals surface area (Å²) in [7, 11) is 2.26. The van der Waals surface area contributed by atoms with Crippen molar-refractivity contribution in [3.8, 4) is 0 Å². The van der Waals surface area contributed by atoms with Crippen LogP contribution in [0.4, 0.5) is 10.1 Å². The van der Waals surface area contributed by atoms with E-state index in [1.165, 1.54) is 30.8 Å². The smallest absolute Gasteiger partial charge is 0.171 e. The molecule has 1 heterocycles. The predicted molar refractivity (Wildman–Crippen MR) is 112 cm³/mol. The molecule has 2 aromatic carbocycles. The van der Waals surface area contributed by atoms with Gasteiger partial charge in [-0.2, -0.15) is 0 Å². The van der Waals surface area contributed by atoms with Gasteiger partial charge in [0.2, 0.25) is 0 Å². The van der Waals surface area contributed by atoms with Gasteiger partial charge in [0, 0.05) is 11.3 Å². The molecule has 2 atom stereocenters. The van der Waals surface area contributed by atoms with Crippen molar-refractivity contribution in [2.24, 2.45) is 0 Å². The van der Waals surface area contributed by atoms with E-state index in [9.17, 15) is 4.39 Å². The van der Waals surface area contributed by atoms with Gasteiger partial charge < -0.3 is 20.4 Å². The molecule has 2 aromatic rings. The van der Waals surface area contributed by atoms with Crippen molar-refractivity contribution in [2.75, 3.05) is 38.5 Å². The van der Waals surface area contributed by atoms with Crippen LogP contribution in [0.25, 0.3) is 0 Å². The number of hydrogen-bond acceptors (Lipinski definition) is 1. The molecule has 0 bridgehead atoms. The summed E-state index contributed by atoms with van der Waals surface area (Å²) in [5.41, 5.74) is 2.12. The molecule has 1 aliphatic rings. The Hall–Kier alpha value is -2.02. The van der Waals surface area contributed by atoms with Gasteiger partial charge in [-0.25, -0.2) is 4.39 Å². The summed E-state index contributed by atoms with van der Waals surface area (Å²) < 4.78 is 13.1. The maximum absolute atomic E-state index is 13.1. The molecular formula is C21H29FN4S+2. The summed E-state index contributed by atoms with van der Waals surface area (Å²) in [6.07, 6.45) is 0. The lowest BCUT2D eigenvalue weighted by Crippen LogP contribution is -3.27. The van der Waals surface area contributed by atoms with Crippen molar-refractivity contribution in [1.29, 1.82) is 0 Å². The van der Waals surface area contributed by atoms with Crippen molar-refractivity contribution in [3.63, 3.8) is 0 Å². The monoisotopic (exact) mass is 388 g/mol. The molecule has 0 unspecified atom stereocenters. The molecule has 6 heteroatoms. The summed E-state index contributed by atoms with van der Waals surface area (Å²) in [6.45, 7) is 6.85. The van der Waals surface area contributed by atoms with Gasteiger partial charge in [-0.3, -0.25) is 0 Å². The van der Waals surface area contributed by atoms with Gasteiger partial charge >= 0.3 is 0 Å². The molecule has 0 aromatic heterocycles. The molecule has 0 saturated carbocycles. The second-order valence-corrected chi connectivity index (χ2v) is 7.81. The van der Waals surface area contributed by atoms with E-state index in [2.05, 4.69) is 54.9 Å². The van der Waals surface area contributed by atoms with Crippen LogP contribution in [-0.4, -0.2) is 44.4 Å². The number of thiocarbonyl (C=S) groups is 1. The molecule has 27 heavy (non-hydrogen) atoms. The second-order valence-electron chi connectivity index (χ2n) is 7.40. The van der Waals surface area contributed by atoms with E-state index in [0.29, 0.717) is 11.2 Å². The average Bonchev–Trinajstić information content (AvgIpc) is 2.66. The van der Waals surface area contributed by atoms with E-state index < -0.39 is 0 Å². The SMILES string of the molecule is C[C@@H](NC(=S)Nc1ccc(F)cc1)[C@@H](c1ccccc1)[NH+]1CC[NH+](C)CC1. The summed E-state index contributed by atoms with van der Waals surface area (Å²) in [5.74, 6) is -0.252. The van der Waals surface area contributed by atoms with Crippen molar-refractivity contribution in [1.82, 2.24) is 5.32 Å². The number of piperazine rings is 1. The first kappa shape index (κ1) is 19.7. The number of benzene rings is 2. The molecule has 4 nitrogen and oxygen atoms in total. The van der Waals surface area contributed by atoms with Gasteiger partial charge in [0.25, 0.3) is 0 Å². The van der Waals surface area contributed by atoms with E-state index in [1.807, 2.05) is 0 Å². The van der Waals surface area contributed by atoms with Crippen LogP contribution in [0, 0.1) is 5.82 Å². The van der Waals surface area contributed by atoms with E-state index in [-0.39, 0.29) is 11.9 Å². The topological polar surface area (TPSA) is 32.9 Å². The molecule has 0 radical (unpaired) electrons. The molecule has 1 fully saturated rings. The van der Waals surface area contributed by atoms with Gasteiger partial charge in [-0.05, 0) is 43.4 Å². The van der Waals surface area contributed by atoms with Crippen molar-refractivity contribution in [3.05, 3.63) is 66.0 Å². The fourth-order valence-electron chi connectivity index (χ4n) is 3.84. The van der Waals surface area contributed by atoms with E-state index in [1.54, 1.807) is 21.9 Å². The first-order valence-corrected chi connectivity index (χ1v) is 9.97. The number of anilines is 1. The highest BCUT2D eigenvalue weighted by molar-refractivity contribution is 7.80. The lowest BCUT2D eigenvalue weighted by molar-refractivity contribution is -1.02. The Balaban J connectivity index is 1.69. The molecule has 0 amide bonds. The van der Waals surface area contributed by atoms with Crippen molar-refractivity contribution < 1.29 is 14.2 Å². The predicted octanol–water partition coefficient (Wildman–Crippen LogP) is 0.655. The van der Waals surface area contributed by atoms with Gasteiger partial charge in [0.1, 0.15) is 38.0 Å². The first-order valence-electron chi connectivity index (χ1n) is 9.57. The lowest BCUT2D eigenvalue weighted by Gasteiger charge is -2.37. The minimum absolute atomic E-state index is 0.168. The van der Waals surface area contributed by atoms with Gasteiger partial charge in [-0.1, -0.05) is 30.3 Å². The van der Waals surface area contributed by atoms with Crippen LogP contribution in [0.2, 0.25) is 0 Å². The molecule has 3 rings (SSSR count). The van der Waals surface area contributed by atoms with E-state index in [0.717, 1.165) is 18.8 Å². The quantitative estimate of drug-likeness (QED) is 0.568. The fraction of sp³-hybridized carbons (Fsp3) is 0.381. The summed E-state index contributed by atoms with van der Waals surface area (Å²) in [6, 6.07) is 17.4. The minimum Gasteiger partial charge on any atom is -0.354 e. The zero-order valence-corrected chi connectivity index (χ0v) is 16.8. The third kappa shape index (κ3) is 5.48. The highest BCUT2D eigenvalue weighted by Gasteiger charge is 2.33. The Morgan fingerprint density at radius 2 is 1.63 bits per heavy atom. The molecule has 1 aliphatic heterocycles. The molecule has 0 spiro atoms. The van der Waals surface area contributed by atoms with E-state index >= 15 is 0 Å². The Morgan fingerprint density at radius 1 is 1.00 bits per heavy atom. The zero-order valence-electron chi connectivity index (χ0n) is 16.0. The summed E-state index contributed by atoms with van der Waals surface area (Å²) in [4.78, 5) is 3.19.